The standard InChI is InChI=1S/C17H22F2O2/c1-11(2)10-17(6-4-5-7-17)16(20)15-13(18)8-12(21-3)9-14(15)19/h8-9,11H,4-7,10H2,1-3H3. The Balaban J connectivity index is 2.42. The number of carbonyl (C=O) groups excluding carboxylic acids is 1. The average Bonchev–Trinajstić information content (AvgIpc) is 2.86. The predicted molar refractivity (Wildman–Crippen MR) is 77.6 cm³/mol. The van der Waals surface area contributed by atoms with Crippen LogP contribution in [0.3, 0.4) is 0 Å². The summed E-state index contributed by atoms with van der Waals surface area (Å²) in [6, 6.07) is 2.16. The van der Waals surface area contributed by atoms with Gasteiger partial charge in [-0.25, -0.2) is 8.78 Å². The highest BCUT2D eigenvalue weighted by molar-refractivity contribution is 6.01. The number of halogens is 2. The second-order valence-corrected chi connectivity index (χ2v) is 6.38. The molecule has 0 heterocycles. The minimum atomic E-state index is -0.827. The normalized spacial score (nSPS) is 17.2. The van der Waals surface area contributed by atoms with Crippen LogP contribution in [-0.2, 0) is 0 Å². The molecule has 0 aromatic heterocycles. The number of benzene rings is 1. The molecule has 0 bridgehead atoms. The van der Waals surface area contributed by atoms with E-state index in [0.717, 1.165) is 37.8 Å². The van der Waals surface area contributed by atoms with Crippen molar-refractivity contribution in [2.24, 2.45) is 11.3 Å². The average molecular weight is 296 g/mol. The first-order valence-electron chi connectivity index (χ1n) is 7.47. The van der Waals surface area contributed by atoms with Gasteiger partial charge < -0.3 is 4.74 Å². The topological polar surface area (TPSA) is 26.3 Å². The molecule has 0 amide bonds. The first kappa shape index (κ1) is 15.9. The molecule has 0 spiro atoms. The lowest BCUT2D eigenvalue weighted by Gasteiger charge is -2.29. The van der Waals surface area contributed by atoms with Crippen LogP contribution in [0.15, 0.2) is 12.1 Å². The fraction of sp³-hybridized carbons (Fsp3) is 0.588. The van der Waals surface area contributed by atoms with E-state index in [9.17, 15) is 13.6 Å². The van der Waals surface area contributed by atoms with Crippen molar-refractivity contribution < 1.29 is 18.3 Å². The number of hydrogen-bond donors (Lipinski definition) is 0. The highest BCUT2D eigenvalue weighted by atomic mass is 19.1. The number of methoxy groups -OCH3 is 1. The molecule has 0 atom stereocenters. The third kappa shape index (κ3) is 3.09. The lowest BCUT2D eigenvalue weighted by molar-refractivity contribution is 0.0750. The highest BCUT2D eigenvalue weighted by Crippen LogP contribution is 2.46. The molecule has 1 fully saturated rings. The minimum Gasteiger partial charge on any atom is -0.497 e. The largest absolute Gasteiger partial charge is 0.497 e. The first-order chi connectivity index (χ1) is 9.89. The van der Waals surface area contributed by atoms with Crippen molar-refractivity contribution in [2.45, 2.75) is 46.0 Å². The van der Waals surface area contributed by atoms with E-state index in [0.29, 0.717) is 12.3 Å². The summed E-state index contributed by atoms with van der Waals surface area (Å²) in [4.78, 5) is 12.8. The van der Waals surface area contributed by atoms with Gasteiger partial charge in [0.25, 0.3) is 0 Å². The first-order valence-corrected chi connectivity index (χ1v) is 7.47. The zero-order chi connectivity index (χ0) is 15.6. The number of Topliss-reactive ketones (excluding diaryl/α,β-unsaturated/α-hetero) is 1. The van der Waals surface area contributed by atoms with Gasteiger partial charge >= 0.3 is 0 Å². The zero-order valence-corrected chi connectivity index (χ0v) is 12.8. The fourth-order valence-corrected chi connectivity index (χ4v) is 3.51. The minimum absolute atomic E-state index is 0.0888. The molecule has 1 saturated carbocycles. The van der Waals surface area contributed by atoms with Gasteiger partial charge in [-0.3, -0.25) is 4.79 Å². The Kier molecular flexibility index (Phi) is 4.64. The summed E-state index contributed by atoms with van der Waals surface area (Å²) in [6.07, 6.45) is 4.00. The maximum atomic E-state index is 14.2. The van der Waals surface area contributed by atoms with Gasteiger partial charge in [-0.1, -0.05) is 26.7 Å². The summed E-state index contributed by atoms with van der Waals surface area (Å²) in [5, 5.41) is 0. The fourth-order valence-electron chi connectivity index (χ4n) is 3.51. The van der Waals surface area contributed by atoms with Gasteiger partial charge in [-0.05, 0) is 25.2 Å². The van der Waals surface area contributed by atoms with Crippen LogP contribution in [0.4, 0.5) is 8.78 Å². The van der Waals surface area contributed by atoms with Crippen molar-refractivity contribution in [2.75, 3.05) is 7.11 Å². The molecule has 0 saturated heterocycles. The second-order valence-electron chi connectivity index (χ2n) is 6.38. The van der Waals surface area contributed by atoms with Gasteiger partial charge in [-0.2, -0.15) is 0 Å². The molecule has 0 unspecified atom stereocenters. The Morgan fingerprint density at radius 1 is 1.24 bits per heavy atom. The monoisotopic (exact) mass is 296 g/mol. The summed E-state index contributed by atoms with van der Waals surface area (Å²) in [6.45, 7) is 4.07. The predicted octanol–water partition coefficient (Wildman–Crippen LogP) is 4.76. The summed E-state index contributed by atoms with van der Waals surface area (Å²) in [5.41, 5.74) is -1.01. The molecular weight excluding hydrogens is 274 g/mol. The summed E-state index contributed by atoms with van der Waals surface area (Å²) in [7, 11) is 1.34. The maximum absolute atomic E-state index is 14.2. The van der Waals surface area contributed by atoms with Crippen molar-refractivity contribution in [1.29, 1.82) is 0 Å². The molecule has 2 nitrogen and oxygen atoms in total. The van der Waals surface area contributed by atoms with Crippen LogP contribution < -0.4 is 4.74 Å². The van der Waals surface area contributed by atoms with E-state index >= 15 is 0 Å². The zero-order valence-electron chi connectivity index (χ0n) is 12.8. The van der Waals surface area contributed by atoms with Crippen LogP contribution in [0.1, 0.15) is 56.3 Å². The molecule has 1 aromatic carbocycles. The van der Waals surface area contributed by atoms with E-state index in [1.807, 2.05) is 13.8 Å². The summed E-state index contributed by atoms with van der Waals surface area (Å²) < 4.78 is 33.2. The molecule has 4 heteroatoms. The molecule has 1 aliphatic carbocycles. The van der Waals surface area contributed by atoms with Gasteiger partial charge in [0.05, 0.1) is 12.7 Å². The Bertz CT molecular complexity index is 509. The van der Waals surface area contributed by atoms with Gasteiger partial charge in [0.15, 0.2) is 5.78 Å². The third-order valence-corrected chi connectivity index (χ3v) is 4.32. The van der Waals surface area contributed by atoms with Crippen LogP contribution in [0.2, 0.25) is 0 Å². The van der Waals surface area contributed by atoms with E-state index in [2.05, 4.69) is 0 Å². The van der Waals surface area contributed by atoms with Crippen LogP contribution in [0.5, 0.6) is 5.75 Å². The van der Waals surface area contributed by atoms with Gasteiger partial charge in [-0.15, -0.1) is 0 Å². The Hall–Kier alpha value is -1.45. The van der Waals surface area contributed by atoms with Crippen LogP contribution in [0.25, 0.3) is 0 Å². The summed E-state index contributed by atoms with van der Waals surface area (Å²) >= 11 is 0. The van der Waals surface area contributed by atoms with E-state index in [1.165, 1.54) is 7.11 Å². The Labute approximate surface area is 124 Å². The summed E-state index contributed by atoms with van der Waals surface area (Å²) in [5.74, 6) is -1.63. The number of rotatable bonds is 5. The van der Waals surface area contributed by atoms with Gasteiger partial charge in [0, 0.05) is 17.5 Å². The highest BCUT2D eigenvalue weighted by Gasteiger charge is 2.43. The van der Waals surface area contributed by atoms with Crippen LogP contribution >= 0.6 is 0 Å². The smallest absolute Gasteiger partial charge is 0.174 e. The molecule has 0 aliphatic heterocycles. The lowest BCUT2D eigenvalue weighted by atomic mass is 9.73. The number of carbonyl (C=O) groups is 1. The van der Waals surface area contributed by atoms with Gasteiger partial charge in [0.2, 0.25) is 0 Å². The van der Waals surface area contributed by atoms with Gasteiger partial charge in [0.1, 0.15) is 17.4 Å². The van der Waals surface area contributed by atoms with Crippen LogP contribution in [-0.4, -0.2) is 12.9 Å². The number of ketones is 1. The van der Waals surface area contributed by atoms with Crippen molar-refractivity contribution in [3.05, 3.63) is 29.3 Å². The van der Waals surface area contributed by atoms with E-state index in [-0.39, 0.29) is 11.5 Å². The van der Waals surface area contributed by atoms with Crippen molar-refractivity contribution in [1.82, 2.24) is 0 Å². The van der Waals surface area contributed by atoms with E-state index in [4.69, 9.17) is 4.74 Å². The molecule has 1 aromatic rings. The van der Waals surface area contributed by atoms with Crippen molar-refractivity contribution in [3.63, 3.8) is 0 Å². The molecule has 0 N–H and O–H groups in total. The molecule has 2 rings (SSSR count). The number of hydrogen-bond acceptors (Lipinski definition) is 2. The maximum Gasteiger partial charge on any atom is 0.174 e. The number of ether oxygens (including phenoxy) is 1. The van der Waals surface area contributed by atoms with Crippen LogP contribution in [0, 0.1) is 23.0 Å². The molecular formula is C17H22F2O2. The molecule has 21 heavy (non-hydrogen) atoms. The molecule has 0 radical (unpaired) electrons. The Morgan fingerprint density at radius 3 is 2.19 bits per heavy atom. The lowest BCUT2D eigenvalue weighted by Crippen LogP contribution is -2.31. The van der Waals surface area contributed by atoms with Crippen molar-refractivity contribution >= 4 is 5.78 Å². The second kappa shape index (κ2) is 6.12. The third-order valence-electron chi connectivity index (χ3n) is 4.32. The molecule has 1 aliphatic rings. The SMILES string of the molecule is COc1cc(F)c(C(=O)C2(CC(C)C)CCCC2)c(F)c1. The van der Waals surface area contributed by atoms with E-state index < -0.39 is 22.6 Å². The quantitative estimate of drug-likeness (QED) is 0.732. The molecule has 116 valence electrons. The Morgan fingerprint density at radius 2 is 1.76 bits per heavy atom. The van der Waals surface area contributed by atoms with Crippen molar-refractivity contribution in [3.8, 4) is 5.75 Å². The van der Waals surface area contributed by atoms with E-state index in [1.54, 1.807) is 0 Å².